The van der Waals surface area contributed by atoms with E-state index in [4.69, 9.17) is 14.2 Å². The largest absolute Gasteiger partial charge is 0.504 e. The van der Waals surface area contributed by atoms with Gasteiger partial charge in [-0.15, -0.1) is 0 Å². The molecule has 0 radical (unpaired) electrons. The molecule has 1 aliphatic heterocycles. The van der Waals surface area contributed by atoms with Crippen molar-refractivity contribution in [2.45, 2.75) is 56.4 Å². The Labute approximate surface area is 160 Å². The number of hydrogen-bond acceptors (Lipinski definition) is 8. The molecule has 3 rings (SSSR count). The highest BCUT2D eigenvalue weighted by Gasteiger charge is 2.57. The molecular weight excluding hydrogens is 372 g/mol. The molecule has 4 N–H and O–H groups in total. The zero-order valence-electron chi connectivity index (χ0n) is 15.4. The summed E-state index contributed by atoms with van der Waals surface area (Å²) in [5, 5.41) is 38.5. The van der Waals surface area contributed by atoms with E-state index >= 15 is 0 Å². The van der Waals surface area contributed by atoms with Crippen LogP contribution in [-0.2, 0) is 23.8 Å². The molecule has 2 fully saturated rings. The van der Waals surface area contributed by atoms with Gasteiger partial charge in [0.2, 0.25) is 0 Å². The van der Waals surface area contributed by atoms with Gasteiger partial charge >= 0.3 is 11.9 Å². The third-order valence-electron chi connectivity index (χ3n) is 4.74. The maximum atomic E-state index is 12.2. The smallest absolute Gasteiger partial charge is 0.335 e. The number of benzene rings is 1. The monoisotopic (exact) mass is 394 g/mol. The summed E-state index contributed by atoms with van der Waals surface area (Å²) in [6, 6.07) is 4.01. The number of aliphatic hydroxyl groups is 1. The van der Waals surface area contributed by atoms with Gasteiger partial charge in [-0.2, -0.15) is 0 Å². The molecule has 28 heavy (non-hydrogen) atoms. The van der Waals surface area contributed by atoms with Crippen LogP contribution in [0.4, 0.5) is 0 Å². The van der Waals surface area contributed by atoms with E-state index < -0.39 is 41.6 Å². The lowest BCUT2D eigenvalue weighted by Gasteiger charge is -2.38. The molecule has 0 amide bonds. The fourth-order valence-corrected chi connectivity index (χ4v) is 3.48. The summed E-state index contributed by atoms with van der Waals surface area (Å²) in [6.45, 7) is 3.31. The number of esters is 1. The zero-order valence-corrected chi connectivity index (χ0v) is 15.4. The molecule has 4 unspecified atom stereocenters. The van der Waals surface area contributed by atoms with E-state index in [0.29, 0.717) is 5.56 Å². The van der Waals surface area contributed by atoms with E-state index in [9.17, 15) is 30.0 Å². The number of carbonyl (C=O) groups excluding carboxylic acids is 1. The van der Waals surface area contributed by atoms with Crippen LogP contribution in [0, 0.1) is 0 Å². The molecule has 2 aliphatic rings. The van der Waals surface area contributed by atoms with Gasteiger partial charge in [0.15, 0.2) is 22.9 Å². The Morgan fingerprint density at radius 3 is 2.54 bits per heavy atom. The molecule has 152 valence electrons. The van der Waals surface area contributed by atoms with Gasteiger partial charge in [-0.1, -0.05) is 6.07 Å². The number of aromatic hydroxyl groups is 2. The topological polar surface area (TPSA) is 143 Å². The molecule has 1 heterocycles. The second-order valence-corrected chi connectivity index (χ2v) is 7.44. The first-order valence-corrected chi connectivity index (χ1v) is 8.71. The van der Waals surface area contributed by atoms with Crippen molar-refractivity contribution in [1.82, 2.24) is 0 Å². The van der Waals surface area contributed by atoms with Crippen LogP contribution in [0.25, 0.3) is 6.08 Å². The molecule has 0 aromatic heterocycles. The number of ether oxygens (including phenoxy) is 3. The number of phenolic OH excluding ortho intramolecular Hbond substituents is 2. The van der Waals surface area contributed by atoms with E-state index in [1.165, 1.54) is 24.3 Å². The third kappa shape index (κ3) is 4.11. The Bertz CT molecular complexity index is 816. The van der Waals surface area contributed by atoms with Gasteiger partial charge in [0.25, 0.3) is 0 Å². The maximum Gasteiger partial charge on any atom is 0.335 e. The summed E-state index contributed by atoms with van der Waals surface area (Å²) >= 11 is 0. The van der Waals surface area contributed by atoms with Gasteiger partial charge in [0.1, 0.15) is 12.2 Å². The highest BCUT2D eigenvalue weighted by molar-refractivity contribution is 5.87. The van der Waals surface area contributed by atoms with Crippen LogP contribution in [0.1, 0.15) is 32.3 Å². The van der Waals surface area contributed by atoms with Crippen LogP contribution in [0.3, 0.4) is 0 Å². The number of phenols is 2. The molecule has 4 atom stereocenters. The average molecular weight is 394 g/mol. The Balaban J connectivity index is 1.74. The van der Waals surface area contributed by atoms with E-state index in [1.807, 2.05) is 0 Å². The first-order chi connectivity index (χ1) is 13.0. The number of hydrogen-bond donors (Lipinski definition) is 4. The highest BCUT2D eigenvalue weighted by Crippen LogP contribution is 2.42. The van der Waals surface area contributed by atoms with Crippen LogP contribution in [0.2, 0.25) is 0 Å². The Kier molecular flexibility index (Phi) is 5.09. The maximum absolute atomic E-state index is 12.2. The van der Waals surface area contributed by atoms with Gasteiger partial charge in [0, 0.05) is 18.9 Å². The molecule has 0 spiro atoms. The van der Waals surface area contributed by atoms with Crippen molar-refractivity contribution in [2.24, 2.45) is 0 Å². The SMILES string of the molecule is CC1(C)OC2CC(O)(C(=O)O)CC(OC(=O)C=Cc3ccc(O)c(O)c3)C2O1. The standard InChI is InChI=1S/C19H22O9/c1-18(2)27-14-9-19(25,17(23)24)8-13(16(14)28-18)26-15(22)6-4-10-3-5-11(20)12(21)7-10/h3-7,13-14,16,20-21,25H,8-9H2,1-2H3,(H,23,24). The first kappa shape index (κ1) is 20.1. The van der Waals surface area contributed by atoms with Gasteiger partial charge in [-0.25, -0.2) is 9.59 Å². The highest BCUT2D eigenvalue weighted by atomic mass is 16.8. The molecule has 1 aromatic carbocycles. The second kappa shape index (κ2) is 7.08. The van der Waals surface area contributed by atoms with Crippen LogP contribution >= 0.6 is 0 Å². The van der Waals surface area contributed by atoms with E-state index in [2.05, 4.69) is 0 Å². The van der Waals surface area contributed by atoms with Crippen LogP contribution in [0.5, 0.6) is 11.5 Å². The molecule has 9 heteroatoms. The Morgan fingerprint density at radius 2 is 1.89 bits per heavy atom. The lowest BCUT2D eigenvalue weighted by Crippen LogP contribution is -2.56. The normalized spacial score (nSPS) is 31.5. The van der Waals surface area contributed by atoms with Crippen molar-refractivity contribution >= 4 is 18.0 Å². The minimum absolute atomic E-state index is 0.174. The lowest BCUT2D eigenvalue weighted by atomic mass is 9.79. The first-order valence-electron chi connectivity index (χ1n) is 8.71. The summed E-state index contributed by atoms with van der Waals surface area (Å²) < 4.78 is 16.8. The molecule has 9 nitrogen and oxygen atoms in total. The van der Waals surface area contributed by atoms with Crippen molar-refractivity contribution in [2.75, 3.05) is 0 Å². The number of carboxylic acids is 1. The predicted octanol–water partition coefficient (Wildman–Crippen LogP) is 1.15. The van der Waals surface area contributed by atoms with Crippen molar-refractivity contribution in [3.63, 3.8) is 0 Å². The molecule has 1 saturated heterocycles. The molecular formula is C19H22O9. The Hall–Kier alpha value is -2.62. The molecule has 1 saturated carbocycles. The summed E-state index contributed by atoms with van der Waals surface area (Å²) in [5.74, 6) is -3.82. The van der Waals surface area contributed by atoms with E-state index in [1.54, 1.807) is 13.8 Å². The number of carboxylic acid groups (broad SMARTS) is 1. The van der Waals surface area contributed by atoms with Gasteiger partial charge < -0.3 is 34.6 Å². The van der Waals surface area contributed by atoms with E-state index in [-0.39, 0.29) is 24.3 Å². The number of rotatable bonds is 4. The molecule has 1 aliphatic carbocycles. The van der Waals surface area contributed by atoms with Crippen molar-refractivity contribution in [3.8, 4) is 11.5 Å². The fraction of sp³-hybridized carbons (Fsp3) is 0.474. The average Bonchev–Trinajstić information content (AvgIpc) is 2.90. The van der Waals surface area contributed by atoms with Crippen molar-refractivity contribution in [3.05, 3.63) is 29.8 Å². The summed E-state index contributed by atoms with van der Waals surface area (Å²) in [5.41, 5.74) is -1.65. The lowest BCUT2D eigenvalue weighted by molar-refractivity contribution is -0.184. The third-order valence-corrected chi connectivity index (χ3v) is 4.74. The number of aliphatic carboxylic acids is 1. The van der Waals surface area contributed by atoms with Crippen LogP contribution in [-0.4, -0.2) is 62.1 Å². The fourth-order valence-electron chi connectivity index (χ4n) is 3.48. The van der Waals surface area contributed by atoms with Crippen molar-refractivity contribution < 1.29 is 44.2 Å². The number of carbonyl (C=O) groups is 2. The zero-order chi connectivity index (χ0) is 20.7. The molecule has 0 bridgehead atoms. The summed E-state index contributed by atoms with van der Waals surface area (Å²) in [4.78, 5) is 23.7. The predicted molar refractivity (Wildman–Crippen MR) is 94.3 cm³/mol. The Morgan fingerprint density at radius 1 is 1.18 bits per heavy atom. The summed E-state index contributed by atoms with van der Waals surface area (Å²) in [7, 11) is 0. The van der Waals surface area contributed by atoms with E-state index in [0.717, 1.165) is 6.08 Å². The number of fused-ring (bicyclic) bond motifs is 1. The second-order valence-electron chi connectivity index (χ2n) is 7.44. The van der Waals surface area contributed by atoms with Gasteiger partial charge in [-0.05, 0) is 37.6 Å². The summed E-state index contributed by atoms with van der Waals surface area (Å²) in [6.07, 6.45) is -0.509. The van der Waals surface area contributed by atoms with Gasteiger partial charge in [-0.3, -0.25) is 0 Å². The van der Waals surface area contributed by atoms with Gasteiger partial charge in [0.05, 0.1) is 6.10 Å². The molecule has 1 aromatic rings. The van der Waals surface area contributed by atoms with Crippen LogP contribution in [0.15, 0.2) is 24.3 Å². The van der Waals surface area contributed by atoms with Crippen LogP contribution < -0.4 is 0 Å². The minimum atomic E-state index is -2.09. The quantitative estimate of drug-likeness (QED) is 0.336. The van der Waals surface area contributed by atoms with Crippen molar-refractivity contribution in [1.29, 1.82) is 0 Å². The minimum Gasteiger partial charge on any atom is -0.504 e.